The molecule has 0 spiro atoms. The maximum atomic E-state index is 11.8. The Morgan fingerprint density at radius 3 is 2.54 bits per heavy atom. The second-order valence-corrected chi connectivity index (χ2v) is 12.8. The molecule has 0 saturated heterocycles. The van der Waals surface area contributed by atoms with E-state index in [4.69, 9.17) is 9.47 Å². The highest BCUT2D eigenvalue weighted by Gasteiger charge is 2.58. The number of pyridine rings is 1. The summed E-state index contributed by atoms with van der Waals surface area (Å²) < 4.78 is 34.5. The summed E-state index contributed by atoms with van der Waals surface area (Å²) in [6.45, 7) is 6.60. The number of ketones is 1. The third kappa shape index (κ3) is 5.57. The van der Waals surface area contributed by atoms with Gasteiger partial charge in [0.25, 0.3) is 0 Å². The van der Waals surface area contributed by atoms with Crippen LogP contribution in [0.4, 0.5) is 0 Å². The van der Waals surface area contributed by atoms with Crippen molar-refractivity contribution in [2.24, 2.45) is 11.8 Å². The van der Waals surface area contributed by atoms with Gasteiger partial charge in [-0.1, -0.05) is 18.2 Å². The van der Waals surface area contributed by atoms with Gasteiger partial charge < -0.3 is 9.47 Å². The molecular formula is C30H33NO5S. The van der Waals surface area contributed by atoms with Gasteiger partial charge in [0.2, 0.25) is 5.88 Å². The lowest BCUT2D eigenvalue weighted by molar-refractivity contribution is -0.118. The van der Waals surface area contributed by atoms with Crippen LogP contribution >= 0.6 is 0 Å². The van der Waals surface area contributed by atoms with E-state index in [9.17, 15) is 13.2 Å². The van der Waals surface area contributed by atoms with E-state index in [0.717, 1.165) is 40.0 Å². The number of hydrogen-bond donors (Lipinski definition) is 0. The molecule has 0 aliphatic heterocycles. The molecule has 0 amide bonds. The van der Waals surface area contributed by atoms with Gasteiger partial charge in [0.15, 0.2) is 0 Å². The first-order valence-corrected chi connectivity index (χ1v) is 14.8. The van der Waals surface area contributed by atoms with Crippen LogP contribution in [0.25, 0.3) is 11.1 Å². The number of ether oxygens (including phenoxy) is 2. The summed E-state index contributed by atoms with van der Waals surface area (Å²) in [6.07, 6.45) is 4.55. The van der Waals surface area contributed by atoms with Crippen molar-refractivity contribution >= 4 is 15.6 Å². The summed E-state index contributed by atoms with van der Waals surface area (Å²) in [4.78, 5) is 16.3. The van der Waals surface area contributed by atoms with E-state index in [1.807, 2.05) is 36.5 Å². The average molecular weight is 520 g/mol. The van der Waals surface area contributed by atoms with Gasteiger partial charge in [0.1, 0.15) is 28.0 Å². The van der Waals surface area contributed by atoms with E-state index in [1.54, 1.807) is 6.92 Å². The zero-order chi connectivity index (χ0) is 26.3. The van der Waals surface area contributed by atoms with Gasteiger partial charge in [-0.25, -0.2) is 13.4 Å². The second-order valence-electron chi connectivity index (χ2n) is 10.5. The Morgan fingerprint density at radius 2 is 1.84 bits per heavy atom. The lowest BCUT2D eigenvalue weighted by Crippen LogP contribution is -2.08. The van der Waals surface area contributed by atoms with Crippen LogP contribution in [0.15, 0.2) is 48.7 Å². The molecule has 2 aromatic carbocycles. The molecule has 0 bridgehead atoms. The van der Waals surface area contributed by atoms with Crippen LogP contribution in [0.3, 0.4) is 0 Å². The number of aromatic nitrogens is 1. The van der Waals surface area contributed by atoms with E-state index < -0.39 is 9.84 Å². The number of nitrogens with zero attached hydrogens (tertiary/aromatic N) is 1. The summed E-state index contributed by atoms with van der Waals surface area (Å²) in [5.74, 6) is 2.80. The number of aryl methyl sites for hydroxylation is 2. The molecule has 1 saturated carbocycles. The Kier molecular flexibility index (Phi) is 6.84. The molecule has 0 N–H and O–H groups in total. The van der Waals surface area contributed by atoms with Crippen LogP contribution in [0.2, 0.25) is 0 Å². The van der Waals surface area contributed by atoms with Gasteiger partial charge in [-0.2, -0.15) is 0 Å². The fourth-order valence-electron chi connectivity index (χ4n) is 5.85. The minimum atomic E-state index is -2.98. The van der Waals surface area contributed by atoms with Crippen molar-refractivity contribution < 1.29 is 22.7 Å². The summed E-state index contributed by atoms with van der Waals surface area (Å²) in [6, 6.07) is 14.4. The Hall–Kier alpha value is -3.19. The first-order chi connectivity index (χ1) is 17.6. The SMILES string of the molecule is CC(=O)[C@@H]1[C@H]2Cc3cc(OCc4cccc(-c5c(C)cc(OCCCS(C)(=O)=O)cc5C)c4)ncc3[C@H]21. The van der Waals surface area contributed by atoms with Crippen LogP contribution in [0.1, 0.15) is 47.1 Å². The first-order valence-electron chi connectivity index (χ1n) is 12.7. The van der Waals surface area contributed by atoms with Crippen molar-refractivity contribution in [1.29, 1.82) is 0 Å². The van der Waals surface area contributed by atoms with Crippen LogP contribution in [0.5, 0.6) is 11.6 Å². The maximum Gasteiger partial charge on any atom is 0.213 e. The number of carbonyl (C=O) groups excluding carboxylic acids is 1. The number of benzene rings is 2. The fraction of sp³-hybridized carbons (Fsp3) is 0.400. The van der Waals surface area contributed by atoms with Gasteiger partial charge in [-0.15, -0.1) is 0 Å². The van der Waals surface area contributed by atoms with Crippen molar-refractivity contribution in [2.45, 2.75) is 46.1 Å². The third-order valence-corrected chi connectivity index (χ3v) is 8.52. The molecule has 7 heteroatoms. The summed E-state index contributed by atoms with van der Waals surface area (Å²) in [5.41, 5.74) is 7.98. The molecule has 3 aromatic rings. The zero-order valence-corrected chi connectivity index (χ0v) is 22.6. The Bertz CT molecular complexity index is 1440. The van der Waals surface area contributed by atoms with Crippen LogP contribution < -0.4 is 9.47 Å². The van der Waals surface area contributed by atoms with Crippen molar-refractivity contribution in [3.8, 4) is 22.8 Å². The zero-order valence-electron chi connectivity index (χ0n) is 21.8. The number of hydrogen-bond acceptors (Lipinski definition) is 6. The van der Waals surface area contributed by atoms with Crippen LogP contribution in [0, 0.1) is 25.7 Å². The molecule has 37 heavy (non-hydrogen) atoms. The second kappa shape index (κ2) is 9.93. The highest BCUT2D eigenvalue weighted by molar-refractivity contribution is 7.90. The average Bonchev–Trinajstić information content (AvgIpc) is 3.42. The minimum Gasteiger partial charge on any atom is -0.494 e. The summed E-state index contributed by atoms with van der Waals surface area (Å²) in [5, 5.41) is 0. The van der Waals surface area contributed by atoms with Crippen molar-refractivity contribution in [2.75, 3.05) is 18.6 Å². The molecule has 1 fully saturated rings. The standard InChI is InChI=1S/C30H33NO5S/c1-18-11-24(35-9-6-10-37(4,33)34)12-19(2)28(18)22-8-5-7-21(13-22)17-36-27-15-23-14-25-29(20(3)32)30(25)26(23)16-31-27/h5,7-8,11-13,15-16,25,29-30H,6,9-10,14,17H2,1-4H3/t25-,29-,30+/m1/s1. The van der Waals surface area contributed by atoms with E-state index in [2.05, 4.69) is 31.0 Å². The molecule has 5 rings (SSSR count). The van der Waals surface area contributed by atoms with Gasteiger partial charge in [-0.05, 0) is 103 Å². The monoisotopic (exact) mass is 519 g/mol. The number of rotatable bonds is 10. The minimum absolute atomic E-state index is 0.125. The maximum absolute atomic E-state index is 11.8. The topological polar surface area (TPSA) is 82.6 Å². The number of sulfone groups is 1. The molecular weight excluding hydrogens is 486 g/mol. The lowest BCUT2D eigenvalue weighted by atomic mass is 9.94. The predicted molar refractivity (Wildman–Crippen MR) is 144 cm³/mol. The molecule has 0 radical (unpaired) electrons. The molecule has 194 valence electrons. The van der Waals surface area contributed by atoms with Crippen LogP contribution in [-0.2, 0) is 27.7 Å². The van der Waals surface area contributed by atoms with Gasteiger partial charge >= 0.3 is 0 Å². The van der Waals surface area contributed by atoms with E-state index in [0.29, 0.717) is 37.4 Å². The predicted octanol–water partition coefficient (Wildman–Crippen LogP) is 5.23. The molecule has 0 unspecified atom stereocenters. The summed E-state index contributed by atoms with van der Waals surface area (Å²) in [7, 11) is -2.98. The highest BCUT2D eigenvalue weighted by atomic mass is 32.2. The van der Waals surface area contributed by atoms with Crippen molar-refractivity contribution in [3.05, 3.63) is 76.5 Å². The molecule has 6 nitrogen and oxygen atoms in total. The van der Waals surface area contributed by atoms with Gasteiger partial charge in [-0.3, -0.25) is 4.79 Å². The Morgan fingerprint density at radius 1 is 1.08 bits per heavy atom. The Labute approximate surface area is 219 Å². The molecule has 2 aliphatic rings. The van der Waals surface area contributed by atoms with Gasteiger partial charge in [0.05, 0.1) is 12.4 Å². The number of Topliss-reactive ketones (excluding diaryl/α,β-unsaturated/α-hetero) is 1. The first kappa shape index (κ1) is 25.5. The normalized spacial score (nSPS) is 19.7. The largest absolute Gasteiger partial charge is 0.494 e. The third-order valence-electron chi connectivity index (χ3n) is 7.49. The lowest BCUT2D eigenvalue weighted by Gasteiger charge is -2.15. The van der Waals surface area contributed by atoms with Crippen molar-refractivity contribution in [1.82, 2.24) is 4.98 Å². The highest BCUT2D eigenvalue weighted by Crippen LogP contribution is 2.61. The summed E-state index contributed by atoms with van der Waals surface area (Å²) >= 11 is 0. The van der Waals surface area contributed by atoms with Gasteiger partial charge in [0, 0.05) is 24.4 Å². The quantitative estimate of drug-likeness (QED) is 0.341. The molecule has 1 aromatic heterocycles. The van der Waals surface area contributed by atoms with Crippen LogP contribution in [-0.4, -0.2) is 37.8 Å². The molecule has 2 aliphatic carbocycles. The Balaban J connectivity index is 1.23. The van der Waals surface area contributed by atoms with Crippen molar-refractivity contribution in [3.63, 3.8) is 0 Å². The molecule has 3 atom stereocenters. The molecule has 1 heterocycles. The fourth-order valence-corrected chi connectivity index (χ4v) is 6.49. The number of carbonyl (C=O) groups is 1. The van der Waals surface area contributed by atoms with E-state index >= 15 is 0 Å². The smallest absolute Gasteiger partial charge is 0.213 e. The van der Waals surface area contributed by atoms with E-state index in [-0.39, 0.29) is 17.5 Å². The number of fused-ring (bicyclic) bond motifs is 3. The van der Waals surface area contributed by atoms with E-state index in [1.165, 1.54) is 17.4 Å².